The van der Waals surface area contributed by atoms with Crippen LogP contribution >= 0.6 is 0 Å². The first-order valence-electron chi connectivity index (χ1n) is 7.09. The molecule has 112 valence electrons. The molecule has 1 aliphatic rings. The average Bonchev–Trinajstić information content (AvgIpc) is 2.87. The zero-order chi connectivity index (χ0) is 15.2. The average molecular weight is 289 g/mol. The zero-order valence-corrected chi connectivity index (χ0v) is 12.0. The van der Waals surface area contributed by atoms with Crippen molar-refractivity contribution < 1.29 is 14.5 Å². The van der Waals surface area contributed by atoms with Gasteiger partial charge in [-0.1, -0.05) is 30.3 Å². The van der Waals surface area contributed by atoms with Crippen LogP contribution in [-0.4, -0.2) is 17.5 Å². The van der Waals surface area contributed by atoms with Crippen molar-refractivity contribution in [3.05, 3.63) is 57.8 Å². The topological polar surface area (TPSA) is 69.4 Å². The minimum absolute atomic E-state index is 0.0120. The second kappa shape index (κ2) is 7.02. The maximum atomic E-state index is 11.1. The van der Waals surface area contributed by atoms with E-state index in [-0.39, 0.29) is 35.0 Å². The molecule has 2 atom stereocenters. The summed E-state index contributed by atoms with van der Waals surface area (Å²) in [6.07, 6.45) is 3.75. The normalized spacial score (nSPS) is 20.9. The van der Waals surface area contributed by atoms with Crippen LogP contribution in [0.3, 0.4) is 0 Å². The quantitative estimate of drug-likeness (QED) is 0.458. The van der Waals surface area contributed by atoms with Crippen molar-refractivity contribution in [3.8, 4) is 0 Å². The molecule has 1 aromatic carbocycles. The van der Waals surface area contributed by atoms with E-state index in [0.29, 0.717) is 12.8 Å². The van der Waals surface area contributed by atoms with Crippen molar-refractivity contribution in [1.29, 1.82) is 0 Å². The second-order valence-electron chi connectivity index (χ2n) is 5.32. The fraction of sp³-hybridized carbons (Fsp3) is 0.438. The lowest BCUT2D eigenvalue weighted by atomic mass is 9.89. The monoisotopic (exact) mass is 289 g/mol. The summed E-state index contributed by atoms with van der Waals surface area (Å²) >= 11 is 0. The van der Waals surface area contributed by atoms with Gasteiger partial charge in [-0.3, -0.25) is 14.9 Å². The van der Waals surface area contributed by atoms with Gasteiger partial charge in [0.25, 0.3) is 0 Å². The molecule has 0 amide bonds. The summed E-state index contributed by atoms with van der Waals surface area (Å²) in [5, 5.41) is 11.1. The smallest absolute Gasteiger partial charge is 0.302 e. The van der Waals surface area contributed by atoms with Gasteiger partial charge in [0, 0.05) is 12.8 Å². The Bertz CT molecular complexity index is 538. The SMILES string of the molecule is CC(=O)OC[C@@H]1CC=C([N+](=O)[O-])[C@H]1CCc1ccccc1. The maximum absolute atomic E-state index is 11.1. The Kier molecular flexibility index (Phi) is 5.09. The molecule has 0 saturated carbocycles. The molecule has 0 aromatic heterocycles. The minimum Gasteiger partial charge on any atom is -0.466 e. The van der Waals surface area contributed by atoms with Crippen molar-refractivity contribution in [2.45, 2.75) is 26.2 Å². The number of nitro groups is 1. The van der Waals surface area contributed by atoms with Gasteiger partial charge in [0.1, 0.15) is 0 Å². The van der Waals surface area contributed by atoms with E-state index in [9.17, 15) is 14.9 Å². The predicted octanol–water partition coefficient (Wildman–Crippen LogP) is 2.98. The highest BCUT2D eigenvalue weighted by molar-refractivity contribution is 5.65. The molecular weight excluding hydrogens is 270 g/mol. The van der Waals surface area contributed by atoms with Gasteiger partial charge in [-0.2, -0.15) is 0 Å². The van der Waals surface area contributed by atoms with Crippen LogP contribution in [0.15, 0.2) is 42.1 Å². The van der Waals surface area contributed by atoms with E-state index in [1.165, 1.54) is 12.5 Å². The van der Waals surface area contributed by atoms with E-state index < -0.39 is 0 Å². The molecule has 1 aromatic rings. The number of hydrogen-bond donors (Lipinski definition) is 0. The number of hydrogen-bond acceptors (Lipinski definition) is 4. The lowest BCUT2D eigenvalue weighted by molar-refractivity contribution is -0.433. The molecule has 0 N–H and O–H groups in total. The number of carbonyl (C=O) groups excluding carboxylic acids is 1. The first kappa shape index (κ1) is 15.2. The summed E-state index contributed by atoms with van der Waals surface area (Å²) in [6.45, 7) is 1.61. The number of nitrogens with zero attached hydrogens (tertiary/aromatic N) is 1. The Morgan fingerprint density at radius 1 is 1.38 bits per heavy atom. The highest BCUT2D eigenvalue weighted by Gasteiger charge is 2.37. The molecule has 1 aliphatic carbocycles. The van der Waals surface area contributed by atoms with Crippen LogP contribution in [0.1, 0.15) is 25.3 Å². The van der Waals surface area contributed by atoms with E-state index in [1.807, 2.05) is 30.3 Å². The third-order valence-electron chi connectivity index (χ3n) is 3.88. The lowest BCUT2D eigenvalue weighted by Gasteiger charge is -2.18. The minimum atomic E-state index is -0.341. The summed E-state index contributed by atoms with van der Waals surface area (Å²) in [5.41, 5.74) is 1.43. The molecule has 0 radical (unpaired) electrons. The fourth-order valence-corrected chi connectivity index (χ4v) is 2.80. The molecule has 5 heteroatoms. The van der Waals surface area contributed by atoms with Crippen molar-refractivity contribution in [2.24, 2.45) is 11.8 Å². The number of aryl methyl sites for hydroxylation is 1. The number of esters is 1. The first-order chi connectivity index (χ1) is 10.1. The third kappa shape index (κ3) is 4.15. The van der Waals surface area contributed by atoms with Crippen molar-refractivity contribution in [3.63, 3.8) is 0 Å². The van der Waals surface area contributed by atoms with Gasteiger partial charge >= 0.3 is 5.97 Å². The van der Waals surface area contributed by atoms with Gasteiger partial charge in [-0.15, -0.1) is 0 Å². The Morgan fingerprint density at radius 3 is 2.71 bits per heavy atom. The van der Waals surface area contributed by atoms with Gasteiger partial charge < -0.3 is 4.74 Å². The van der Waals surface area contributed by atoms with Crippen molar-refractivity contribution >= 4 is 5.97 Å². The van der Waals surface area contributed by atoms with Crippen LogP contribution in [0.25, 0.3) is 0 Å². The van der Waals surface area contributed by atoms with E-state index in [1.54, 1.807) is 6.08 Å². The van der Waals surface area contributed by atoms with Gasteiger partial charge in [-0.25, -0.2) is 0 Å². The van der Waals surface area contributed by atoms with Crippen LogP contribution in [0, 0.1) is 22.0 Å². The largest absolute Gasteiger partial charge is 0.466 e. The Hall–Kier alpha value is -2.17. The van der Waals surface area contributed by atoms with E-state index in [0.717, 1.165) is 6.42 Å². The molecule has 0 unspecified atom stereocenters. The summed E-state index contributed by atoms with van der Waals surface area (Å²) in [5.74, 6) is -0.482. The first-order valence-corrected chi connectivity index (χ1v) is 7.09. The molecule has 5 nitrogen and oxygen atoms in total. The molecule has 0 heterocycles. The molecule has 0 spiro atoms. The van der Waals surface area contributed by atoms with E-state index in [2.05, 4.69) is 0 Å². The van der Waals surface area contributed by atoms with Gasteiger partial charge in [0.15, 0.2) is 0 Å². The molecule has 0 bridgehead atoms. The molecule has 0 fully saturated rings. The molecule has 0 aliphatic heterocycles. The summed E-state index contributed by atoms with van der Waals surface area (Å²) in [6, 6.07) is 9.91. The summed E-state index contributed by atoms with van der Waals surface area (Å²) in [4.78, 5) is 21.8. The molecule has 2 rings (SSSR count). The molecule has 21 heavy (non-hydrogen) atoms. The van der Waals surface area contributed by atoms with Crippen LogP contribution in [0.5, 0.6) is 0 Å². The maximum Gasteiger partial charge on any atom is 0.302 e. The summed E-state index contributed by atoms with van der Waals surface area (Å²) < 4.78 is 5.04. The third-order valence-corrected chi connectivity index (χ3v) is 3.88. The van der Waals surface area contributed by atoms with Gasteiger partial charge in [-0.05, 0) is 30.9 Å². The number of rotatable bonds is 6. The zero-order valence-electron chi connectivity index (χ0n) is 12.0. The van der Waals surface area contributed by atoms with Crippen LogP contribution in [0.2, 0.25) is 0 Å². The Balaban J connectivity index is 2.00. The number of ether oxygens (including phenoxy) is 1. The van der Waals surface area contributed by atoms with Crippen LogP contribution in [-0.2, 0) is 16.0 Å². The van der Waals surface area contributed by atoms with Gasteiger partial charge in [0.05, 0.1) is 17.4 Å². The Morgan fingerprint density at radius 2 is 2.10 bits per heavy atom. The number of carbonyl (C=O) groups is 1. The molecule has 0 saturated heterocycles. The number of allylic oxidation sites excluding steroid dienone is 2. The summed E-state index contributed by atoms with van der Waals surface area (Å²) in [7, 11) is 0. The second-order valence-corrected chi connectivity index (χ2v) is 5.32. The van der Waals surface area contributed by atoms with Crippen LogP contribution < -0.4 is 0 Å². The van der Waals surface area contributed by atoms with Crippen molar-refractivity contribution in [1.82, 2.24) is 0 Å². The Labute approximate surface area is 123 Å². The predicted molar refractivity (Wildman–Crippen MR) is 78.1 cm³/mol. The number of benzene rings is 1. The lowest BCUT2D eigenvalue weighted by Crippen LogP contribution is -2.22. The highest BCUT2D eigenvalue weighted by Crippen LogP contribution is 2.35. The van der Waals surface area contributed by atoms with Crippen LogP contribution in [0.4, 0.5) is 0 Å². The van der Waals surface area contributed by atoms with E-state index in [4.69, 9.17) is 4.74 Å². The van der Waals surface area contributed by atoms with Crippen molar-refractivity contribution in [2.75, 3.05) is 6.61 Å². The molecular formula is C16H19NO4. The van der Waals surface area contributed by atoms with E-state index >= 15 is 0 Å². The standard InChI is InChI=1S/C16H19NO4/c1-12(18)21-11-14-8-10-16(17(19)20)15(14)9-7-13-5-3-2-4-6-13/h2-6,10,14-15H,7-9,11H2,1H3/t14-,15-/m0/s1. The van der Waals surface area contributed by atoms with Gasteiger partial charge in [0.2, 0.25) is 5.70 Å². The highest BCUT2D eigenvalue weighted by atomic mass is 16.6. The fourth-order valence-electron chi connectivity index (χ4n) is 2.80.